The minimum atomic E-state index is -4.50. The van der Waals surface area contributed by atoms with Crippen molar-refractivity contribution in [3.63, 3.8) is 0 Å². The molecule has 0 radical (unpaired) electrons. The molecule has 1 fully saturated rings. The van der Waals surface area contributed by atoms with Gasteiger partial charge in [0.05, 0.1) is 16.3 Å². The van der Waals surface area contributed by atoms with Gasteiger partial charge >= 0.3 is 12.2 Å². The Morgan fingerprint density at radius 2 is 1.74 bits per heavy atom. The molecule has 144 valence electrons. The van der Waals surface area contributed by atoms with Crippen LogP contribution in [0.4, 0.5) is 29.3 Å². The molecule has 0 saturated carbocycles. The van der Waals surface area contributed by atoms with Crippen molar-refractivity contribution in [3.05, 3.63) is 58.6 Å². The van der Waals surface area contributed by atoms with Crippen LogP contribution in [0.2, 0.25) is 5.02 Å². The number of alkyl halides is 3. The Balaban J connectivity index is 1.64. The Labute approximate surface area is 160 Å². The van der Waals surface area contributed by atoms with Crippen LogP contribution in [0.15, 0.2) is 42.5 Å². The maximum absolute atomic E-state index is 12.9. The SMILES string of the molecule is Cc1ccccc1N1CCN(C(=O)Nc2cc(C(F)(F)F)ccc2Cl)CC1. The fraction of sp³-hybridized carbons (Fsp3) is 0.316. The van der Waals surface area contributed by atoms with E-state index in [2.05, 4.69) is 10.2 Å². The summed E-state index contributed by atoms with van der Waals surface area (Å²) in [6.45, 7) is 4.26. The van der Waals surface area contributed by atoms with Gasteiger partial charge < -0.3 is 15.1 Å². The minimum Gasteiger partial charge on any atom is -0.368 e. The molecule has 0 aromatic heterocycles. The van der Waals surface area contributed by atoms with E-state index >= 15 is 0 Å². The van der Waals surface area contributed by atoms with Crippen LogP contribution in [-0.2, 0) is 6.18 Å². The van der Waals surface area contributed by atoms with Crippen LogP contribution < -0.4 is 10.2 Å². The Morgan fingerprint density at radius 1 is 1.07 bits per heavy atom. The number of nitrogens with one attached hydrogen (secondary N) is 1. The number of halogens is 4. The molecule has 27 heavy (non-hydrogen) atoms. The van der Waals surface area contributed by atoms with Crippen LogP contribution in [0.3, 0.4) is 0 Å². The summed E-state index contributed by atoms with van der Waals surface area (Å²) >= 11 is 5.94. The van der Waals surface area contributed by atoms with Crippen molar-refractivity contribution >= 4 is 29.0 Å². The number of benzene rings is 2. The maximum Gasteiger partial charge on any atom is 0.416 e. The van der Waals surface area contributed by atoms with Crippen LogP contribution >= 0.6 is 11.6 Å². The summed E-state index contributed by atoms with van der Waals surface area (Å²) in [6, 6.07) is 10.4. The molecule has 0 spiro atoms. The molecule has 4 nitrogen and oxygen atoms in total. The Hall–Kier alpha value is -2.41. The van der Waals surface area contributed by atoms with Gasteiger partial charge in [0.15, 0.2) is 0 Å². The third-order valence-electron chi connectivity index (χ3n) is 4.56. The highest BCUT2D eigenvalue weighted by Gasteiger charge is 2.31. The largest absolute Gasteiger partial charge is 0.416 e. The summed E-state index contributed by atoms with van der Waals surface area (Å²) in [4.78, 5) is 16.2. The number of urea groups is 1. The molecule has 1 saturated heterocycles. The second kappa shape index (κ2) is 7.68. The fourth-order valence-electron chi connectivity index (χ4n) is 3.06. The number of hydrogen-bond donors (Lipinski definition) is 1. The first-order chi connectivity index (χ1) is 12.8. The molecule has 2 aromatic carbocycles. The molecule has 2 aromatic rings. The van der Waals surface area contributed by atoms with E-state index in [1.54, 1.807) is 4.90 Å². The molecule has 0 atom stereocenters. The van der Waals surface area contributed by atoms with E-state index in [0.29, 0.717) is 26.2 Å². The second-order valence-electron chi connectivity index (χ2n) is 6.38. The van der Waals surface area contributed by atoms with Crippen LogP contribution in [0.25, 0.3) is 0 Å². The summed E-state index contributed by atoms with van der Waals surface area (Å²) in [5, 5.41) is 2.56. The quantitative estimate of drug-likeness (QED) is 0.772. The van der Waals surface area contributed by atoms with Crippen molar-refractivity contribution in [2.24, 2.45) is 0 Å². The van der Waals surface area contributed by atoms with Crippen molar-refractivity contribution < 1.29 is 18.0 Å². The first kappa shape index (κ1) is 19.4. The molecule has 0 bridgehead atoms. The number of hydrogen-bond acceptors (Lipinski definition) is 2. The van der Waals surface area contributed by atoms with E-state index in [9.17, 15) is 18.0 Å². The highest BCUT2D eigenvalue weighted by molar-refractivity contribution is 6.33. The second-order valence-corrected chi connectivity index (χ2v) is 6.79. The van der Waals surface area contributed by atoms with Gasteiger partial charge in [-0.2, -0.15) is 13.2 Å². The van der Waals surface area contributed by atoms with Crippen LogP contribution in [0, 0.1) is 6.92 Å². The molecule has 1 heterocycles. The predicted octanol–water partition coefficient (Wildman–Crippen LogP) is 5.02. The summed E-state index contributed by atoms with van der Waals surface area (Å²) in [5.41, 5.74) is 1.38. The summed E-state index contributed by atoms with van der Waals surface area (Å²) in [7, 11) is 0. The highest BCUT2D eigenvalue weighted by atomic mass is 35.5. The molecule has 1 aliphatic rings. The Morgan fingerprint density at radius 3 is 2.37 bits per heavy atom. The molecule has 0 aliphatic carbocycles. The van der Waals surface area contributed by atoms with Crippen LogP contribution in [0.5, 0.6) is 0 Å². The summed E-state index contributed by atoms with van der Waals surface area (Å²) in [5.74, 6) is 0. The van der Waals surface area contributed by atoms with Crippen molar-refractivity contribution in [3.8, 4) is 0 Å². The van der Waals surface area contributed by atoms with Gasteiger partial charge in [0.1, 0.15) is 0 Å². The standard InChI is InChI=1S/C19H19ClF3N3O/c1-13-4-2-3-5-17(13)25-8-10-26(11-9-25)18(27)24-16-12-14(19(21,22)23)6-7-15(16)20/h2-7,12H,8-11H2,1H3,(H,24,27). The van der Waals surface area contributed by atoms with E-state index < -0.39 is 17.8 Å². The number of carbonyl (C=O) groups is 1. The predicted molar refractivity (Wildman–Crippen MR) is 100 cm³/mol. The topological polar surface area (TPSA) is 35.6 Å². The van der Waals surface area contributed by atoms with E-state index in [0.717, 1.165) is 29.4 Å². The molecule has 8 heteroatoms. The number of amides is 2. The van der Waals surface area contributed by atoms with E-state index in [-0.39, 0.29) is 10.7 Å². The van der Waals surface area contributed by atoms with Crippen LogP contribution in [-0.4, -0.2) is 37.1 Å². The average molecular weight is 398 g/mol. The van der Waals surface area contributed by atoms with Crippen molar-refractivity contribution in [2.45, 2.75) is 13.1 Å². The number of anilines is 2. The molecule has 1 aliphatic heterocycles. The number of carbonyl (C=O) groups excluding carboxylic acids is 1. The molecular weight excluding hydrogens is 379 g/mol. The van der Waals surface area contributed by atoms with E-state index in [4.69, 9.17) is 11.6 Å². The number of aryl methyl sites for hydroxylation is 1. The first-order valence-corrected chi connectivity index (χ1v) is 8.87. The Bertz CT molecular complexity index is 833. The van der Waals surface area contributed by atoms with Crippen molar-refractivity contribution in [1.29, 1.82) is 0 Å². The van der Waals surface area contributed by atoms with Gasteiger partial charge in [-0.15, -0.1) is 0 Å². The van der Waals surface area contributed by atoms with Gasteiger partial charge in [-0.1, -0.05) is 29.8 Å². The van der Waals surface area contributed by atoms with Gasteiger partial charge in [-0.25, -0.2) is 4.79 Å². The normalized spacial score (nSPS) is 15.0. The minimum absolute atomic E-state index is 0.0437. The third-order valence-corrected chi connectivity index (χ3v) is 4.89. The molecule has 3 rings (SSSR count). The Kier molecular flexibility index (Phi) is 5.51. The number of rotatable bonds is 2. The van der Waals surface area contributed by atoms with Crippen LogP contribution in [0.1, 0.15) is 11.1 Å². The fourth-order valence-corrected chi connectivity index (χ4v) is 3.23. The van der Waals surface area contributed by atoms with Gasteiger partial charge in [-0.3, -0.25) is 0 Å². The number of para-hydroxylation sites is 1. The number of nitrogens with zero attached hydrogens (tertiary/aromatic N) is 2. The van der Waals surface area contributed by atoms with Gasteiger partial charge in [0.25, 0.3) is 0 Å². The average Bonchev–Trinajstić information content (AvgIpc) is 2.63. The van der Waals surface area contributed by atoms with Gasteiger partial charge in [-0.05, 0) is 36.8 Å². The lowest BCUT2D eigenvalue weighted by atomic mass is 10.1. The molecule has 1 N–H and O–H groups in total. The zero-order valence-electron chi connectivity index (χ0n) is 14.7. The maximum atomic E-state index is 12.9. The van der Waals surface area contributed by atoms with Gasteiger partial charge in [0.2, 0.25) is 0 Å². The molecule has 2 amide bonds. The van der Waals surface area contributed by atoms with Crippen molar-refractivity contribution in [2.75, 3.05) is 36.4 Å². The van der Waals surface area contributed by atoms with Gasteiger partial charge in [0, 0.05) is 31.9 Å². The highest BCUT2D eigenvalue weighted by Crippen LogP contribution is 2.34. The number of piperazine rings is 1. The van der Waals surface area contributed by atoms with E-state index in [1.165, 1.54) is 0 Å². The summed E-state index contributed by atoms with van der Waals surface area (Å²) in [6.07, 6.45) is -4.50. The lowest BCUT2D eigenvalue weighted by molar-refractivity contribution is -0.137. The lowest BCUT2D eigenvalue weighted by Crippen LogP contribution is -2.50. The zero-order valence-corrected chi connectivity index (χ0v) is 15.4. The van der Waals surface area contributed by atoms with Crippen molar-refractivity contribution in [1.82, 2.24) is 4.90 Å². The lowest BCUT2D eigenvalue weighted by Gasteiger charge is -2.36. The first-order valence-electron chi connectivity index (χ1n) is 8.49. The van der Waals surface area contributed by atoms with E-state index in [1.807, 2.05) is 31.2 Å². The zero-order chi connectivity index (χ0) is 19.6. The molecule has 0 unspecified atom stereocenters. The monoisotopic (exact) mass is 397 g/mol. The summed E-state index contributed by atoms with van der Waals surface area (Å²) < 4.78 is 38.6. The molecular formula is C19H19ClF3N3O. The third kappa shape index (κ3) is 4.47. The smallest absolute Gasteiger partial charge is 0.368 e.